The Balaban J connectivity index is 1.35. The topological polar surface area (TPSA) is 83.7 Å². The molecule has 4 rings (SSSR count). The highest BCUT2D eigenvalue weighted by Gasteiger charge is 2.39. The second-order valence-corrected chi connectivity index (χ2v) is 7.91. The maximum atomic E-state index is 12.7. The Hall–Kier alpha value is -1.51. The van der Waals surface area contributed by atoms with Crippen LogP contribution in [0.4, 0.5) is 0 Å². The van der Waals surface area contributed by atoms with Gasteiger partial charge in [0.05, 0.1) is 31.6 Å². The molecule has 8 heteroatoms. The first-order valence-corrected chi connectivity index (χ1v) is 9.77. The summed E-state index contributed by atoms with van der Waals surface area (Å²) in [6.45, 7) is 5.79. The van der Waals surface area contributed by atoms with Gasteiger partial charge in [-0.25, -0.2) is 0 Å². The predicted molar refractivity (Wildman–Crippen MR) is 94.4 cm³/mol. The van der Waals surface area contributed by atoms with E-state index in [1.165, 1.54) is 25.9 Å². The maximum Gasteiger partial charge on any atom is 0.226 e. The summed E-state index contributed by atoms with van der Waals surface area (Å²) in [6, 6.07) is 0. The number of nitrogens with zero attached hydrogens (tertiary/aromatic N) is 5. The van der Waals surface area contributed by atoms with Crippen LogP contribution in [0.15, 0.2) is 0 Å². The van der Waals surface area contributed by atoms with Crippen LogP contribution in [0.2, 0.25) is 0 Å². The molecule has 3 heterocycles. The van der Waals surface area contributed by atoms with Gasteiger partial charge in [0, 0.05) is 32.0 Å². The van der Waals surface area contributed by atoms with E-state index in [9.17, 15) is 9.90 Å². The first-order valence-electron chi connectivity index (χ1n) is 9.77. The van der Waals surface area contributed by atoms with Crippen LogP contribution in [-0.4, -0.2) is 81.3 Å². The highest BCUT2D eigenvalue weighted by Crippen LogP contribution is 2.33. The average Bonchev–Trinajstić information content (AvgIpc) is 3.25. The zero-order valence-electron chi connectivity index (χ0n) is 15.5. The fraction of sp³-hybridized carbons (Fsp3) is 0.833. The van der Waals surface area contributed by atoms with Crippen LogP contribution in [0.25, 0.3) is 0 Å². The normalized spacial score (nSPS) is 28.8. The summed E-state index contributed by atoms with van der Waals surface area (Å²) in [5.41, 5.74) is 1.96. The predicted octanol–water partition coefficient (Wildman–Crippen LogP) is 0.124. The van der Waals surface area contributed by atoms with Gasteiger partial charge in [-0.15, -0.1) is 5.10 Å². The number of aliphatic hydroxyl groups is 1. The van der Waals surface area contributed by atoms with Gasteiger partial charge < -0.3 is 19.6 Å². The quantitative estimate of drug-likeness (QED) is 0.723. The number of aryl methyl sites for hydroxylation is 1. The first kappa shape index (κ1) is 17.9. The number of hydrogen-bond acceptors (Lipinski definition) is 6. The molecule has 1 amide bonds. The monoisotopic (exact) mass is 363 g/mol. The van der Waals surface area contributed by atoms with Gasteiger partial charge in [-0.1, -0.05) is 5.21 Å². The zero-order valence-corrected chi connectivity index (χ0v) is 15.5. The lowest BCUT2D eigenvalue weighted by molar-refractivity contribution is -0.144. The third-order valence-corrected chi connectivity index (χ3v) is 5.96. The van der Waals surface area contributed by atoms with E-state index in [0.29, 0.717) is 32.5 Å². The van der Waals surface area contributed by atoms with Crippen molar-refractivity contribution in [3.63, 3.8) is 0 Å². The van der Waals surface area contributed by atoms with E-state index in [2.05, 4.69) is 15.2 Å². The minimum absolute atomic E-state index is 0.0417. The number of carbonyl (C=O) groups is 1. The lowest BCUT2D eigenvalue weighted by Gasteiger charge is -2.38. The van der Waals surface area contributed by atoms with Gasteiger partial charge in [0.15, 0.2) is 0 Å². The van der Waals surface area contributed by atoms with Crippen LogP contribution in [0.5, 0.6) is 0 Å². The smallest absolute Gasteiger partial charge is 0.226 e. The number of amides is 1. The molecule has 26 heavy (non-hydrogen) atoms. The van der Waals surface area contributed by atoms with Gasteiger partial charge in [-0.05, 0) is 38.8 Å². The van der Waals surface area contributed by atoms with E-state index >= 15 is 0 Å². The fourth-order valence-electron chi connectivity index (χ4n) is 4.39. The highest BCUT2D eigenvalue weighted by molar-refractivity contribution is 5.80. The van der Waals surface area contributed by atoms with Gasteiger partial charge in [0.25, 0.3) is 0 Å². The Bertz CT molecular complexity index is 637. The summed E-state index contributed by atoms with van der Waals surface area (Å²) in [6.07, 6.45) is 3.43. The molecule has 2 fully saturated rings. The van der Waals surface area contributed by atoms with Crippen molar-refractivity contribution in [1.29, 1.82) is 0 Å². The van der Waals surface area contributed by atoms with Gasteiger partial charge in [-0.3, -0.25) is 9.48 Å². The molecular formula is C18H29N5O3. The molecule has 2 aliphatic heterocycles. The van der Waals surface area contributed by atoms with Crippen LogP contribution in [0.1, 0.15) is 43.0 Å². The van der Waals surface area contributed by atoms with E-state index in [-0.39, 0.29) is 23.8 Å². The van der Waals surface area contributed by atoms with E-state index in [1.807, 2.05) is 16.6 Å². The second kappa shape index (κ2) is 7.62. The Morgan fingerprint density at radius 3 is 2.81 bits per heavy atom. The third kappa shape index (κ3) is 3.63. The molecule has 1 aromatic rings. The van der Waals surface area contributed by atoms with Crippen LogP contribution < -0.4 is 0 Å². The molecule has 0 aromatic carbocycles. The Morgan fingerprint density at radius 1 is 1.31 bits per heavy atom. The lowest BCUT2D eigenvalue weighted by Crippen LogP contribution is -2.47. The average molecular weight is 363 g/mol. The summed E-state index contributed by atoms with van der Waals surface area (Å²) >= 11 is 0. The number of hydrogen-bond donors (Lipinski definition) is 1. The third-order valence-electron chi connectivity index (χ3n) is 5.96. The van der Waals surface area contributed by atoms with Crippen molar-refractivity contribution in [2.45, 2.75) is 44.2 Å². The zero-order chi connectivity index (χ0) is 18.1. The molecule has 8 nitrogen and oxygen atoms in total. The van der Waals surface area contributed by atoms with E-state index in [1.54, 1.807) is 0 Å². The molecule has 0 spiro atoms. The minimum atomic E-state index is -0.314. The van der Waals surface area contributed by atoms with Crippen LogP contribution in [0, 0.1) is 5.92 Å². The highest BCUT2D eigenvalue weighted by atomic mass is 16.5. The summed E-state index contributed by atoms with van der Waals surface area (Å²) in [5, 5.41) is 17.9. The Morgan fingerprint density at radius 2 is 2.08 bits per heavy atom. The van der Waals surface area contributed by atoms with Crippen molar-refractivity contribution >= 4 is 5.91 Å². The summed E-state index contributed by atoms with van der Waals surface area (Å²) < 4.78 is 7.79. The van der Waals surface area contributed by atoms with Gasteiger partial charge in [-0.2, -0.15) is 0 Å². The van der Waals surface area contributed by atoms with E-state index in [4.69, 9.17) is 4.74 Å². The van der Waals surface area contributed by atoms with Gasteiger partial charge in [0.1, 0.15) is 5.69 Å². The number of ether oxygens (including phenoxy) is 1. The SMILES string of the molecule is Cn1nnc2c1[C@@H](COCCN1CCCC1)CN(C(=O)C1CC(O)C1)C2. The Kier molecular flexibility index (Phi) is 5.24. The number of carbonyl (C=O) groups excluding carboxylic acids is 1. The Labute approximate surface area is 154 Å². The lowest BCUT2D eigenvalue weighted by atomic mass is 9.81. The number of aliphatic hydroxyl groups excluding tert-OH is 1. The van der Waals surface area contributed by atoms with E-state index < -0.39 is 0 Å². The van der Waals surface area contributed by atoms with Gasteiger partial charge >= 0.3 is 0 Å². The number of aromatic nitrogens is 3. The molecule has 1 saturated carbocycles. The van der Waals surface area contributed by atoms with Crippen LogP contribution >= 0.6 is 0 Å². The van der Waals surface area contributed by atoms with Crippen molar-refractivity contribution in [2.75, 3.05) is 39.4 Å². The van der Waals surface area contributed by atoms with Crippen molar-refractivity contribution in [1.82, 2.24) is 24.8 Å². The van der Waals surface area contributed by atoms with E-state index in [0.717, 1.165) is 24.5 Å². The number of rotatable bonds is 6. The molecule has 0 radical (unpaired) electrons. The molecule has 1 saturated heterocycles. The number of likely N-dealkylation sites (tertiary alicyclic amines) is 1. The molecule has 1 aromatic heterocycles. The number of fused-ring (bicyclic) bond motifs is 1. The molecule has 0 unspecified atom stereocenters. The van der Waals surface area contributed by atoms with Crippen LogP contribution in [-0.2, 0) is 23.1 Å². The maximum absolute atomic E-state index is 12.7. The molecular weight excluding hydrogens is 334 g/mol. The molecule has 144 valence electrons. The summed E-state index contributed by atoms with van der Waals surface area (Å²) in [7, 11) is 1.91. The van der Waals surface area contributed by atoms with Crippen LogP contribution in [0.3, 0.4) is 0 Å². The second-order valence-electron chi connectivity index (χ2n) is 7.91. The van der Waals surface area contributed by atoms with Crippen molar-refractivity contribution < 1.29 is 14.6 Å². The largest absolute Gasteiger partial charge is 0.393 e. The summed E-state index contributed by atoms with van der Waals surface area (Å²) in [4.78, 5) is 17.0. The molecule has 3 aliphatic rings. The fourth-order valence-corrected chi connectivity index (χ4v) is 4.39. The molecule has 0 bridgehead atoms. The van der Waals surface area contributed by atoms with Crippen molar-refractivity contribution in [3.8, 4) is 0 Å². The molecule has 1 atom stereocenters. The molecule has 1 N–H and O–H groups in total. The first-order chi connectivity index (χ1) is 12.6. The van der Waals surface area contributed by atoms with Crippen molar-refractivity contribution in [3.05, 3.63) is 11.4 Å². The summed E-state index contributed by atoms with van der Waals surface area (Å²) in [5.74, 6) is 0.194. The molecule has 1 aliphatic carbocycles. The minimum Gasteiger partial charge on any atom is -0.393 e. The van der Waals surface area contributed by atoms with Crippen molar-refractivity contribution in [2.24, 2.45) is 13.0 Å². The standard InChI is InChI=1S/C18H29N5O3/c1-21-17-14(12-26-7-6-22-4-2-3-5-22)10-23(11-16(17)19-20-21)18(25)13-8-15(24)9-13/h13-15,24H,2-12H2,1H3/t13?,14-,15?/m1/s1. The van der Waals surface area contributed by atoms with Gasteiger partial charge in [0.2, 0.25) is 5.91 Å².